The van der Waals surface area contributed by atoms with Crippen LogP contribution in [0.5, 0.6) is 0 Å². The van der Waals surface area contributed by atoms with Gasteiger partial charge in [-0.15, -0.1) is 11.3 Å². The van der Waals surface area contributed by atoms with Crippen LogP contribution in [0.15, 0.2) is 23.2 Å². The first-order chi connectivity index (χ1) is 10.2. The van der Waals surface area contributed by atoms with Crippen molar-refractivity contribution in [2.24, 2.45) is 4.99 Å². The van der Waals surface area contributed by atoms with Gasteiger partial charge in [0.1, 0.15) is 5.01 Å². The van der Waals surface area contributed by atoms with Crippen molar-refractivity contribution >= 4 is 41.5 Å². The number of methoxy groups -OCH3 is 1. The normalized spacial score (nSPS) is 12.8. The van der Waals surface area contributed by atoms with Crippen LogP contribution in [0.25, 0.3) is 22.8 Å². The maximum atomic E-state index is 11.7. The highest BCUT2D eigenvalue weighted by atomic mass is 32.1. The molecule has 6 heteroatoms. The summed E-state index contributed by atoms with van der Waals surface area (Å²) in [6, 6.07) is 5.13. The molecule has 1 aromatic heterocycles. The van der Waals surface area contributed by atoms with Crippen molar-refractivity contribution in [3.63, 3.8) is 0 Å². The van der Waals surface area contributed by atoms with Crippen LogP contribution in [0.2, 0.25) is 0 Å². The lowest BCUT2D eigenvalue weighted by molar-refractivity contribution is 0.0601. The molecule has 3 rings (SSSR count). The topological polar surface area (TPSA) is 77.6 Å². The molecular weight excluding hydrogens is 286 g/mol. The molecule has 2 aromatic rings. The summed E-state index contributed by atoms with van der Waals surface area (Å²) in [6.07, 6.45) is 6.42. The summed E-state index contributed by atoms with van der Waals surface area (Å²) in [6.45, 7) is 0. The number of aromatic nitrogens is 1. The van der Waals surface area contributed by atoms with E-state index in [9.17, 15) is 4.79 Å². The van der Waals surface area contributed by atoms with Crippen molar-refractivity contribution in [1.82, 2.24) is 4.98 Å². The van der Waals surface area contributed by atoms with Crippen molar-refractivity contribution in [3.05, 3.63) is 33.6 Å². The number of nitrogens with two attached hydrogens (primary N) is 1. The zero-order valence-electron chi connectivity index (χ0n) is 11.4. The van der Waals surface area contributed by atoms with Gasteiger partial charge < -0.3 is 10.5 Å². The van der Waals surface area contributed by atoms with Crippen LogP contribution in [-0.4, -0.2) is 24.3 Å². The maximum Gasteiger partial charge on any atom is 0.337 e. The van der Waals surface area contributed by atoms with Crippen LogP contribution in [0.4, 0.5) is 5.69 Å². The predicted molar refractivity (Wildman–Crippen MR) is 84.6 cm³/mol. The van der Waals surface area contributed by atoms with E-state index in [-0.39, 0.29) is 0 Å². The molecule has 2 N–H and O–H groups in total. The number of thiazole rings is 1. The summed E-state index contributed by atoms with van der Waals surface area (Å²) >= 11 is 1.52. The number of ether oxygens (including phenoxy) is 1. The highest BCUT2D eigenvalue weighted by Gasteiger charge is 2.11. The summed E-state index contributed by atoms with van der Waals surface area (Å²) in [5.41, 5.74) is 7.60. The molecule has 0 fully saturated rings. The first-order valence-electron chi connectivity index (χ1n) is 6.35. The summed E-state index contributed by atoms with van der Waals surface area (Å²) in [4.78, 5) is 20.4. The van der Waals surface area contributed by atoms with Crippen molar-refractivity contribution in [2.45, 2.75) is 6.42 Å². The molecule has 5 nitrogen and oxygen atoms in total. The molecule has 0 saturated carbocycles. The number of benzene rings is 1. The largest absolute Gasteiger partial charge is 0.465 e. The molecule has 106 valence electrons. The molecule has 1 aliphatic heterocycles. The minimum Gasteiger partial charge on any atom is -0.465 e. The van der Waals surface area contributed by atoms with Gasteiger partial charge in [0.15, 0.2) is 0 Å². The monoisotopic (exact) mass is 299 g/mol. The smallest absolute Gasteiger partial charge is 0.337 e. The fourth-order valence-electron chi connectivity index (χ4n) is 2.06. The Labute approximate surface area is 125 Å². The number of anilines is 1. The molecule has 1 aliphatic rings. The van der Waals surface area contributed by atoms with Crippen LogP contribution in [0.3, 0.4) is 0 Å². The van der Waals surface area contributed by atoms with Crippen LogP contribution >= 0.6 is 11.3 Å². The number of nitrogens with zero attached hydrogens (tertiary/aromatic N) is 2. The number of rotatable bonds is 2. The Morgan fingerprint density at radius 1 is 1.38 bits per heavy atom. The van der Waals surface area contributed by atoms with E-state index in [4.69, 9.17) is 10.5 Å². The Balaban J connectivity index is 2.13. The molecule has 0 spiro atoms. The lowest BCUT2D eigenvalue weighted by atomic mass is 10.1. The highest BCUT2D eigenvalue weighted by molar-refractivity contribution is 7.13. The molecule has 1 aromatic carbocycles. The first-order valence-corrected chi connectivity index (χ1v) is 7.17. The third-order valence-electron chi connectivity index (χ3n) is 3.02. The minimum atomic E-state index is -0.413. The first kappa shape index (κ1) is 13.5. The molecule has 0 bridgehead atoms. The van der Waals surface area contributed by atoms with E-state index in [2.05, 4.69) is 9.98 Å². The van der Waals surface area contributed by atoms with E-state index in [1.165, 1.54) is 18.4 Å². The van der Waals surface area contributed by atoms with Gasteiger partial charge in [0.25, 0.3) is 0 Å². The number of hydrogen-bond acceptors (Lipinski definition) is 6. The molecule has 21 heavy (non-hydrogen) atoms. The second-order valence-corrected chi connectivity index (χ2v) is 5.54. The average molecular weight is 299 g/mol. The van der Waals surface area contributed by atoms with E-state index in [0.717, 1.165) is 26.9 Å². The molecule has 0 saturated heterocycles. The number of fused-ring (bicyclic) bond motifs is 1. The molecule has 2 heterocycles. The summed E-state index contributed by atoms with van der Waals surface area (Å²) in [5.74, 6) is -0.413. The molecule has 0 unspecified atom stereocenters. The zero-order chi connectivity index (χ0) is 14.8. The van der Waals surface area contributed by atoms with Crippen LogP contribution < -0.4 is 15.6 Å². The van der Waals surface area contributed by atoms with Crippen LogP contribution in [-0.2, 0) is 4.74 Å². The number of aliphatic imine (C=N–C) groups is 1. The number of esters is 1. The van der Waals surface area contributed by atoms with E-state index in [1.54, 1.807) is 24.4 Å². The van der Waals surface area contributed by atoms with Crippen molar-refractivity contribution in [1.29, 1.82) is 0 Å². The third kappa shape index (κ3) is 2.71. The molecular formula is C15H13N3O2S. The number of carbonyl (C=O) groups is 1. The molecule has 0 atom stereocenters. The third-order valence-corrected chi connectivity index (χ3v) is 4.07. The van der Waals surface area contributed by atoms with Crippen LogP contribution in [0.1, 0.15) is 16.8 Å². The van der Waals surface area contributed by atoms with Gasteiger partial charge in [-0.1, -0.05) is 6.08 Å². The van der Waals surface area contributed by atoms with Crippen LogP contribution in [0, 0.1) is 0 Å². The summed E-state index contributed by atoms with van der Waals surface area (Å²) in [7, 11) is 1.35. The predicted octanol–water partition coefficient (Wildman–Crippen LogP) is 1.17. The van der Waals surface area contributed by atoms with Gasteiger partial charge in [0, 0.05) is 30.1 Å². The molecule has 0 amide bonds. The lowest BCUT2D eigenvalue weighted by Crippen LogP contribution is -2.19. The van der Waals surface area contributed by atoms with Gasteiger partial charge in [-0.05, 0) is 18.2 Å². The number of nitrogen functional groups attached to an aromatic ring is 1. The Kier molecular flexibility index (Phi) is 3.53. The van der Waals surface area contributed by atoms with Gasteiger partial charge in [-0.2, -0.15) is 0 Å². The Hall–Kier alpha value is -2.47. The average Bonchev–Trinajstić information content (AvgIpc) is 2.77. The SMILES string of the molecule is COC(=O)c1cc(N)cc(-c2nc3c(s2)=CN=CCC=3)c1. The Bertz CT molecular complexity index is 852. The second kappa shape index (κ2) is 5.49. The fourth-order valence-corrected chi connectivity index (χ4v) is 3.00. The number of carbonyl (C=O) groups excluding carboxylic acids is 1. The Morgan fingerprint density at radius 2 is 2.24 bits per heavy atom. The summed E-state index contributed by atoms with van der Waals surface area (Å²) in [5, 5.41) is 1.72. The lowest BCUT2D eigenvalue weighted by Gasteiger charge is -2.04. The van der Waals surface area contributed by atoms with Gasteiger partial charge >= 0.3 is 5.97 Å². The van der Waals surface area contributed by atoms with Crippen molar-refractivity contribution < 1.29 is 9.53 Å². The second-order valence-electron chi connectivity index (χ2n) is 4.50. The maximum absolute atomic E-state index is 11.7. The van der Waals surface area contributed by atoms with E-state index in [0.29, 0.717) is 11.3 Å². The van der Waals surface area contributed by atoms with E-state index >= 15 is 0 Å². The van der Waals surface area contributed by atoms with Crippen molar-refractivity contribution in [3.8, 4) is 10.6 Å². The highest BCUT2D eigenvalue weighted by Crippen LogP contribution is 2.23. The van der Waals surface area contributed by atoms with Gasteiger partial charge in [-0.25, -0.2) is 9.78 Å². The van der Waals surface area contributed by atoms with Gasteiger partial charge in [-0.3, -0.25) is 4.99 Å². The standard InChI is InChI=1S/C15H13N3O2S/c1-20-15(19)10-5-9(6-11(16)7-10)14-18-12-3-2-4-17-8-13(12)21-14/h3-8H,2,16H2,1H3. The Morgan fingerprint density at radius 3 is 3.05 bits per heavy atom. The zero-order valence-corrected chi connectivity index (χ0v) is 12.2. The van der Waals surface area contributed by atoms with Gasteiger partial charge in [0.2, 0.25) is 0 Å². The van der Waals surface area contributed by atoms with E-state index in [1.807, 2.05) is 12.3 Å². The minimum absolute atomic E-state index is 0.413. The van der Waals surface area contributed by atoms with Crippen molar-refractivity contribution in [2.75, 3.05) is 12.8 Å². The molecule has 0 radical (unpaired) electrons. The number of hydrogen-bond donors (Lipinski definition) is 1. The summed E-state index contributed by atoms with van der Waals surface area (Å²) < 4.78 is 5.74. The van der Waals surface area contributed by atoms with E-state index < -0.39 is 5.97 Å². The fraction of sp³-hybridized carbons (Fsp3) is 0.133. The quantitative estimate of drug-likeness (QED) is 0.667. The molecule has 0 aliphatic carbocycles. The van der Waals surface area contributed by atoms with Gasteiger partial charge in [0.05, 0.1) is 22.6 Å².